The third-order valence-electron chi connectivity index (χ3n) is 5.08. The molecule has 1 N–H and O–H groups in total. The third kappa shape index (κ3) is 4.17. The summed E-state index contributed by atoms with van der Waals surface area (Å²) in [5.74, 6) is 1.58. The van der Waals surface area contributed by atoms with Crippen molar-refractivity contribution < 1.29 is 4.74 Å². The largest absolute Gasteiger partial charge is 0.380 e. The van der Waals surface area contributed by atoms with Crippen LogP contribution in [0.2, 0.25) is 0 Å². The van der Waals surface area contributed by atoms with E-state index in [1.807, 2.05) is 7.11 Å². The van der Waals surface area contributed by atoms with Gasteiger partial charge in [0, 0.05) is 26.2 Å². The number of piperidine rings is 1. The Hall–Kier alpha value is -0.120. The molecule has 2 fully saturated rings. The summed E-state index contributed by atoms with van der Waals surface area (Å²) in [4.78, 5) is 2.64. The van der Waals surface area contributed by atoms with Gasteiger partial charge in [0.1, 0.15) is 0 Å². The van der Waals surface area contributed by atoms with Gasteiger partial charge in [-0.3, -0.25) is 0 Å². The highest BCUT2D eigenvalue weighted by molar-refractivity contribution is 4.87. The first-order chi connectivity index (χ1) is 9.24. The first kappa shape index (κ1) is 15.3. The van der Waals surface area contributed by atoms with Crippen molar-refractivity contribution in [1.29, 1.82) is 0 Å². The first-order valence-corrected chi connectivity index (χ1v) is 8.23. The molecule has 3 heteroatoms. The van der Waals surface area contributed by atoms with Crippen LogP contribution >= 0.6 is 0 Å². The molecule has 0 radical (unpaired) electrons. The van der Waals surface area contributed by atoms with Crippen LogP contribution in [-0.4, -0.2) is 50.3 Å². The molecule has 2 aliphatic rings. The molecule has 1 aliphatic carbocycles. The average molecular weight is 268 g/mol. The van der Waals surface area contributed by atoms with E-state index in [1.165, 1.54) is 51.7 Å². The Balaban J connectivity index is 1.79. The number of ether oxygens (including phenoxy) is 1. The lowest BCUT2D eigenvalue weighted by molar-refractivity contribution is -0.0100. The van der Waals surface area contributed by atoms with Gasteiger partial charge in [0.05, 0.1) is 6.10 Å². The van der Waals surface area contributed by atoms with Crippen LogP contribution < -0.4 is 5.32 Å². The predicted molar refractivity (Wildman–Crippen MR) is 80.4 cm³/mol. The van der Waals surface area contributed by atoms with Crippen molar-refractivity contribution in [2.45, 2.75) is 58.1 Å². The highest BCUT2D eigenvalue weighted by Gasteiger charge is 2.31. The zero-order valence-electron chi connectivity index (χ0n) is 13.0. The van der Waals surface area contributed by atoms with Crippen molar-refractivity contribution in [2.75, 3.05) is 33.3 Å². The fraction of sp³-hybridized carbons (Fsp3) is 1.00. The van der Waals surface area contributed by atoms with Crippen LogP contribution in [0.15, 0.2) is 0 Å². The van der Waals surface area contributed by atoms with Gasteiger partial charge >= 0.3 is 0 Å². The van der Waals surface area contributed by atoms with Crippen molar-refractivity contribution >= 4 is 0 Å². The molecular formula is C16H32N2O. The molecule has 1 heterocycles. The quantitative estimate of drug-likeness (QED) is 0.801. The van der Waals surface area contributed by atoms with E-state index in [4.69, 9.17) is 4.74 Å². The number of methoxy groups -OCH3 is 1. The van der Waals surface area contributed by atoms with Gasteiger partial charge in [-0.2, -0.15) is 0 Å². The standard InChI is InChI=1S/C16H32N2O/c1-4-9-17-15-7-5-6-14(15)11-18-10-8-13(2)16(12-18)19-3/h13-17H,4-12H2,1-3H3. The van der Waals surface area contributed by atoms with Gasteiger partial charge in [-0.1, -0.05) is 20.3 Å². The van der Waals surface area contributed by atoms with E-state index in [-0.39, 0.29) is 0 Å². The van der Waals surface area contributed by atoms with Gasteiger partial charge in [0.15, 0.2) is 0 Å². The smallest absolute Gasteiger partial charge is 0.0724 e. The maximum absolute atomic E-state index is 5.63. The Bertz CT molecular complexity index is 259. The van der Waals surface area contributed by atoms with Crippen LogP contribution in [0.3, 0.4) is 0 Å². The summed E-state index contributed by atoms with van der Waals surface area (Å²) >= 11 is 0. The summed E-state index contributed by atoms with van der Waals surface area (Å²) in [6.07, 6.45) is 7.17. The van der Waals surface area contributed by atoms with Gasteiger partial charge < -0.3 is 15.0 Å². The van der Waals surface area contributed by atoms with E-state index in [2.05, 4.69) is 24.1 Å². The summed E-state index contributed by atoms with van der Waals surface area (Å²) in [5, 5.41) is 3.75. The molecule has 0 bridgehead atoms. The number of hydrogen-bond donors (Lipinski definition) is 1. The van der Waals surface area contributed by atoms with Crippen molar-refractivity contribution in [3.05, 3.63) is 0 Å². The first-order valence-electron chi connectivity index (χ1n) is 8.23. The number of likely N-dealkylation sites (tertiary alicyclic amines) is 1. The van der Waals surface area contributed by atoms with Crippen LogP contribution in [-0.2, 0) is 4.74 Å². The molecule has 19 heavy (non-hydrogen) atoms. The number of hydrogen-bond acceptors (Lipinski definition) is 3. The van der Waals surface area contributed by atoms with E-state index in [0.717, 1.165) is 24.4 Å². The Labute approximate surface area is 119 Å². The zero-order valence-corrected chi connectivity index (χ0v) is 13.0. The molecule has 0 aromatic carbocycles. The van der Waals surface area contributed by atoms with Crippen molar-refractivity contribution in [2.24, 2.45) is 11.8 Å². The predicted octanol–water partition coefficient (Wildman–Crippen LogP) is 2.51. The van der Waals surface area contributed by atoms with Crippen molar-refractivity contribution in [3.63, 3.8) is 0 Å². The van der Waals surface area contributed by atoms with E-state index in [9.17, 15) is 0 Å². The lowest BCUT2D eigenvalue weighted by atomic mass is 9.94. The fourth-order valence-electron chi connectivity index (χ4n) is 3.76. The van der Waals surface area contributed by atoms with Crippen molar-refractivity contribution in [1.82, 2.24) is 10.2 Å². The van der Waals surface area contributed by atoms with Crippen LogP contribution in [0.5, 0.6) is 0 Å². The number of nitrogens with zero attached hydrogens (tertiary/aromatic N) is 1. The van der Waals surface area contributed by atoms with Crippen LogP contribution in [0.25, 0.3) is 0 Å². The van der Waals surface area contributed by atoms with E-state index >= 15 is 0 Å². The van der Waals surface area contributed by atoms with Crippen LogP contribution in [0, 0.1) is 11.8 Å². The maximum Gasteiger partial charge on any atom is 0.0724 e. The molecule has 0 spiro atoms. The van der Waals surface area contributed by atoms with Gasteiger partial charge in [-0.05, 0) is 50.6 Å². The summed E-state index contributed by atoms with van der Waals surface area (Å²) in [7, 11) is 1.87. The molecular weight excluding hydrogens is 236 g/mol. The topological polar surface area (TPSA) is 24.5 Å². The Morgan fingerprint density at radius 3 is 2.84 bits per heavy atom. The maximum atomic E-state index is 5.63. The van der Waals surface area contributed by atoms with Gasteiger partial charge in [0.25, 0.3) is 0 Å². The SMILES string of the molecule is CCCNC1CCCC1CN1CCC(C)C(OC)C1. The Kier molecular flexibility index (Phi) is 6.11. The van der Waals surface area contributed by atoms with Gasteiger partial charge in [0.2, 0.25) is 0 Å². The number of nitrogens with one attached hydrogen (secondary N) is 1. The monoisotopic (exact) mass is 268 g/mol. The molecule has 0 aromatic rings. The van der Waals surface area contributed by atoms with E-state index in [0.29, 0.717) is 6.10 Å². The Morgan fingerprint density at radius 2 is 2.11 bits per heavy atom. The molecule has 1 aliphatic heterocycles. The molecule has 4 unspecified atom stereocenters. The molecule has 1 saturated heterocycles. The minimum Gasteiger partial charge on any atom is -0.380 e. The summed E-state index contributed by atoms with van der Waals surface area (Å²) in [6.45, 7) is 9.43. The fourth-order valence-corrected chi connectivity index (χ4v) is 3.76. The lowest BCUT2D eigenvalue weighted by Crippen LogP contribution is -2.47. The highest BCUT2D eigenvalue weighted by Crippen LogP contribution is 2.28. The van der Waals surface area contributed by atoms with Crippen molar-refractivity contribution in [3.8, 4) is 0 Å². The van der Waals surface area contributed by atoms with E-state index < -0.39 is 0 Å². The second kappa shape index (κ2) is 7.61. The number of rotatable bonds is 6. The molecule has 0 aromatic heterocycles. The summed E-state index contributed by atoms with van der Waals surface area (Å²) < 4.78 is 5.63. The van der Waals surface area contributed by atoms with Crippen LogP contribution in [0.4, 0.5) is 0 Å². The van der Waals surface area contributed by atoms with E-state index in [1.54, 1.807) is 0 Å². The highest BCUT2D eigenvalue weighted by atomic mass is 16.5. The summed E-state index contributed by atoms with van der Waals surface area (Å²) in [5.41, 5.74) is 0. The second-order valence-corrected chi connectivity index (χ2v) is 6.55. The molecule has 1 saturated carbocycles. The normalized spacial score (nSPS) is 36.8. The second-order valence-electron chi connectivity index (χ2n) is 6.55. The molecule has 3 nitrogen and oxygen atoms in total. The molecule has 0 amide bonds. The third-order valence-corrected chi connectivity index (χ3v) is 5.08. The van der Waals surface area contributed by atoms with Gasteiger partial charge in [-0.15, -0.1) is 0 Å². The minimum atomic E-state index is 0.442. The lowest BCUT2D eigenvalue weighted by Gasteiger charge is -2.38. The molecule has 112 valence electrons. The Morgan fingerprint density at radius 1 is 1.26 bits per heavy atom. The summed E-state index contributed by atoms with van der Waals surface area (Å²) in [6, 6.07) is 0.764. The zero-order chi connectivity index (χ0) is 13.7. The molecule has 4 atom stereocenters. The molecule has 2 rings (SSSR count). The minimum absolute atomic E-state index is 0.442. The van der Waals surface area contributed by atoms with Gasteiger partial charge in [-0.25, -0.2) is 0 Å². The average Bonchev–Trinajstić information content (AvgIpc) is 2.86. The van der Waals surface area contributed by atoms with Crippen LogP contribution in [0.1, 0.15) is 46.0 Å².